The van der Waals surface area contributed by atoms with Crippen LogP contribution in [0.5, 0.6) is 0 Å². The highest BCUT2D eigenvalue weighted by Crippen LogP contribution is 2.31. The monoisotopic (exact) mass is 493 g/mol. The lowest BCUT2D eigenvalue weighted by Crippen LogP contribution is -2.51. The number of aromatic nitrogens is 3. The quantitative estimate of drug-likeness (QED) is 0.381. The maximum atomic E-state index is 14.6. The number of hydrogen-bond donors (Lipinski definition) is 1. The number of amides is 1. The number of anilines is 1. The molecule has 1 N–H and O–H groups in total. The molecule has 9 heteroatoms. The molecule has 1 saturated heterocycles. The Balaban J connectivity index is 1.45. The molecule has 0 saturated carbocycles. The van der Waals surface area contributed by atoms with Crippen LogP contribution in [-0.2, 0) is 0 Å². The van der Waals surface area contributed by atoms with E-state index in [-0.39, 0.29) is 17.9 Å². The van der Waals surface area contributed by atoms with Gasteiger partial charge in [-0.05, 0) is 61.6 Å². The van der Waals surface area contributed by atoms with E-state index in [1.807, 2.05) is 4.90 Å². The van der Waals surface area contributed by atoms with Gasteiger partial charge in [-0.15, -0.1) is 0 Å². The van der Waals surface area contributed by atoms with E-state index in [1.54, 1.807) is 49.6 Å². The molecule has 5 rings (SSSR count). The number of oxazole rings is 1. The van der Waals surface area contributed by atoms with E-state index in [4.69, 9.17) is 16.0 Å². The molecule has 3 heterocycles. The molecule has 1 fully saturated rings. The molecule has 1 aliphatic rings. The van der Waals surface area contributed by atoms with Gasteiger partial charge < -0.3 is 14.6 Å². The summed E-state index contributed by atoms with van der Waals surface area (Å²) in [5, 5.41) is 3.82. The molecule has 0 bridgehead atoms. The smallest absolute Gasteiger partial charge is 0.295 e. The Morgan fingerprint density at radius 2 is 2.06 bits per heavy atom. The Morgan fingerprint density at radius 1 is 1.26 bits per heavy atom. The van der Waals surface area contributed by atoms with Crippen molar-refractivity contribution in [2.75, 3.05) is 18.4 Å². The molecule has 1 aliphatic heterocycles. The SMILES string of the molecule is Cc1c(F)ccc(-c2ncccn2)c1C(=O)N1CCCC(C)C1CNc1nc2ccc(Cl)cc2o1. The summed E-state index contributed by atoms with van der Waals surface area (Å²) in [6, 6.07) is 10.1. The fourth-order valence-corrected chi connectivity index (χ4v) is 4.87. The van der Waals surface area contributed by atoms with Gasteiger partial charge in [0, 0.05) is 42.1 Å². The number of benzene rings is 2. The molecule has 0 aliphatic carbocycles. The second-order valence-corrected chi connectivity index (χ2v) is 9.30. The minimum Gasteiger partial charge on any atom is -0.424 e. The molecule has 2 unspecified atom stereocenters. The molecule has 35 heavy (non-hydrogen) atoms. The first-order valence-electron chi connectivity index (χ1n) is 11.6. The lowest BCUT2D eigenvalue weighted by atomic mass is 9.89. The molecule has 4 aromatic rings. The predicted octanol–water partition coefficient (Wildman–Crippen LogP) is 5.74. The Labute approximate surface area is 207 Å². The zero-order chi connectivity index (χ0) is 24.5. The zero-order valence-electron chi connectivity index (χ0n) is 19.5. The molecular formula is C26H25ClFN5O2. The number of nitrogens with one attached hydrogen (secondary N) is 1. The fourth-order valence-electron chi connectivity index (χ4n) is 4.71. The highest BCUT2D eigenvalue weighted by Gasteiger charge is 2.35. The van der Waals surface area contributed by atoms with E-state index in [9.17, 15) is 9.18 Å². The first-order chi connectivity index (χ1) is 16.9. The van der Waals surface area contributed by atoms with Gasteiger partial charge >= 0.3 is 0 Å². The average molecular weight is 494 g/mol. The molecule has 0 spiro atoms. The molecule has 7 nitrogen and oxygen atoms in total. The Hall–Kier alpha value is -3.52. The second-order valence-electron chi connectivity index (χ2n) is 8.86. The summed E-state index contributed by atoms with van der Waals surface area (Å²) in [6.07, 6.45) is 5.07. The summed E-state index contributed by atoms with van der Waals surface area (Å²) in [5.41, 5.74) is 2.40. The van der Waals surface area contributed by atoms with Crippen LogP contribution < -0.4 is 5.32 Å². The third-order valence-electron chi connectivity index (χ3n) is 6.61. The van der Waals surface area contributed by atoms with Crippen LogP contribution in [0.4, 0.5) is 10.4 Å². The van der Waals surface area contributed by atoms with Gasteiger partial charge in [-0.3, -0.25) is 4.79 Å². The number of likely N-dealkylation sites (tertiary alicyclic amines) is 1. The Bertz CT molecular complexity index is 1380. The van der Waals surface area contributed by atoms with Crippen molar-refractivity contribution < 1.29 is 13.6 Å². The topological polar surface area (TPSA) is 84.2 Å². The molecule has 2 aromatic heterocycles. The number of nitrogens with zero attached hydrogens (tertiary/aromatic N) is 4. The lowest BCUT2D eigenvalue weighted by Gasteiger charge is -2.40. The van der Waals surface area contributed by atoms with Crippen LogP contribution >= 0.6 is 11.6 Å². The van der Waals surface area contributed by atoms with E-state index >= 15 is 0 Å². The summed E-state index contributed by atoms with van der Waals surface area (Å²) >= 11 is 6.05. The second kappa shape index (κ2) is 9.62. The Morgan fingerprint density at radius 3 is 2.86 bits per heavy atom. The number of rotatable bonds is 5. The molecule has 1 amide bonds. The van der Waals surface area contributed by atoms with Crippen molar-refractivity contribution in [1.82, 2.24) is 19.9 Å². The van der Waals surface area contributed by atoms with E-state index in [2.05, 4.69) is 27.2 Å². The number of carbonyl (C=O) groups excluding carboxylic acids is 1. The average Bonchev–Trinajstić information content (AvgIpc) is 3.26. The number of fused-ring (bicyclic) bond motifs is 1. The van der Waals surface area contributed by atoms with Crippen LogP contribution in [-0.4, -0.2) is 44.9 Å². The van der Waals surface area contributed by atoms with Crippen LogP contribution in [0.25, 0.3) is 22.5 Å². The molecule has 2 atom stereocenters. The molecular weight excluding hydrogens is 469 g/mol. The van der Waals surface area contributed by atoms with Crippen molar-refractivity contribution in [3.8, 4) is 11.4 Å². The van der Waals surface area contributed by atoms with E-state index in [1.165, 1.54) is 6.07 Å². The van der Waals surface area contributed by atoms with Gasteiger partial charge in [0.1, 0.15) is 11.3 Å². The normalized spacial score (nSPS) is 18.1. The van der Waals surface area contributed by atoms with Gasteiger partial charge in [0.2, 0.25) is 0 Å². The van der Waals surface area contributed by atoms with Gasteiger partial charge in [0.25, 0.3) is 11.9 Å². The van der Waals surface area contributed by atoms with E-state index < -0.39 is 5.82 Å². The maximum Gasteiger partial charge on any atom is 0.295 e. The first-order valence-corrected chi connectivity index (χ1v) is 12.0. The summed E-state index contributed by atoms with van der Waals surface area (Å²) in [4.78, 5) is 28.8. The standard InChI is InChI=1S/C26H25ClFN5O2/c1-15-5-3-12-33(21(15)14-31-26-32-20-9-6-17(27)13-22(20)35-26)25(34)23-16(2)19(28)8-7-18(23)24-29-10-4-11-30-24/h4,6-11,13,15,21H,3,5,12,14H2,1-2H3,(H,31,32). The first kappa shape index (κ1) is 23.2. The fraction of sp³-hybridized carbons (Fsp3) is 0.308. The largest absolute Gasteiger partial charge is 0.424 e. The number of halogens is 2. The van der Waals surface area contributed by atoms with Crippen molar-refractivity contribution in [3.05, 3.63) is 70.8 Å². The summed E-state index contributed by atoms with van der Waals surface area (Å²) in [5.74, 6) is -0.0433. The summed E-state index contributed by atoms with van der Waals surface area (Å²) in [6.45, 7) is 4.76. The van der Waals surface area contributed by atoms with Gasteiger partial charge in [0.05, 0.1) is 11.6 Å². The van der Waals surface area contributed by atoms with Gasteiger partial charge in [-0.2, -0.15) is 4.98 Å². The highest BCUT2D eigenvalue weighted by atomic mass is 35.5. The number of carbonyl (C=O) groups is 1. The molecule has 2 aromatic carbocycles. The highest BCUT2D eigenvalue weighted by molar-refractivity contribution is 6.31. The minimum atomic E-state index is -0.432. The van der Waals surface area contributed by atoms with Crippen LogP contribution in [0.2, 0.25) is 5.02 Å². The summed E-state index contributed by atoms with van der Waals surface area (Å²) in [7, 11) is 0. The number of hydrogen-bond acceptors (Lipinski definition) is 6. The van der Waals surface area contributed by atoms with Crippen molar-refractivity contribution >= 4 is 34.6 Å². The van der Waals surface area contributed by atoms with Gasteiger partial charge in [0.15, 0.2) is 11.4 Å². The van der Waals surface area contributed by atoms with Crippen LogP contribution in [0.1, 0.15) is 35.7 Å². The summed E-state index contributed by atoms with van der Waals surface area (Å²) < 4.78 is 20.4. The van der Waals surface area contributed by atoms with Crippen LogP contribution in [0.15, 0.2) is 53.2 Å². The van der Waals surface area contributed by atoms with Crippen molar-refractivity contribution in [1.29, 1.82) is 0 Å². The van der Waals surface area contributed by atoms with Crippen molar-refractivity contribution in [2.24, 2.45) is 5.92 Å². The Kier molecular flexibility index (Phi) is 6.38. The van der Waals surface area contributed by atoms with Crippen molar-refractivity contribution in [3.63, 3.8) is 0 Å². The molecule has 0 radical (unpaired) electrons. The van der Waals surface area contributed by atoms with Gasteiger partial charge in [-0.25, -0.2) is 14.4 Å². The lowest BCUT2D eigenvalue weighted by molar-refractivity contribution is 0.0538. The van der Waals surface area contributed by atoms with E-state index in [0.717, 1.165) is 12.8 Å². The third-order valence-corrected chi connectivity index (χ3v) is 6.84. The minimum absolute atomic E-state index is 0.137. The predicted molar refractivity (Wildman–Crippen MR) is 133 cm³/mol. The number of piperidine rings is 1. The maximum absolute atomic E-state index is 14.6. The molecule has 180 valence electrons. The third kappa shape index (κ3) is 4.58. The van der Waals surface area contributed by atoms with Crippen molar-refractivity contribution in [2.45, 2.75) is 32.7 Å². The zero-order valence-corrected chi connectivity index (χ0v) is 20.2. The van der Waals surface area contributed by atoms with E-state index in [0.29, 0.717) is 57.7 Å². The van der Waals surface area contributed by atoms with Crippen LogP contribution in [0.3, 0.4) is 0 Å². The van der Waals surface area contributed by atoms with Gasteiger partial charge in [-0.1, -0.05) is 18.5 Å². The van der Waals surface area contributed by atoms with Crippen LogP contribution in [0, 0.1) is 18.7 Å².